The molecular formula is C23H17Cl2F4NO2. The van der Waals surface area contributed by atoms with Crippen molar-refractivity contribution in [1.29, 1.82) is 0 Å². The number of aliphatic hydroxyl groups is 1. The molecule has 2 N–H and O–H groups in total. The van der Waals surface area contributed by atoms with Crippen LogP contribution in [0.15, 0.2) is 66.7 Å². The Morgan fingerprint density at radius 1 is 0.969 bits per heavy atom. The molecule has 0 aliphatic rings. The molecule has 0 heterocycles. The van der Waals surface area contributed by atoms with Gasteiger partial charge in [0.05, 0.1) is 33.3 Å². The van der Waals surface area contributed by atoms with Gasteiger partial charge in [0.15, 0.2) is 0 Å². The molecule has 0 radical (unpaired) electrons. The molecule has 3 rings (SSSR count). The Hall–Kier alpha value is -2.61. The highest BCUT2D eigenvalue weighted by atomic mass is 35.5. The van der Waals surface area contributed by atoms with Crippen LogP contribution in [-0.4, -0.2) is 17.1 Å². The van der Waals surface area contributed by atoms with Crippen molar-refractivity contribution in [2.45, 2.75) is 24.7 Å². The third kappa shape index (κ3) is 5.79. The van der Waals surface area contributed by atoms with E-state index in [1.54, 1.807) is 0 Å². The van der Waals surface area contributed by atoms with E-state index in [0.29, 0.717) is 11.1 Å². The van der Waals surface area contributed by atoms with Crippen LogP contribution in [0.25, 0.3) is 0 Å². The van der Waals surface area contributed by atoms with Crippen LogP contribution in [0.1, 0.15) is 33.2 Å². The first-order valence-electron chi connectivity index (χ1n) is 9.41. The van der Waals surface area contributed by atoms with E-state index in [-0.39, 0.29) is 22.0 Å². The van der Waals surface area contributed by atoms with Gasteiger partial charge in [0.25, 0.3) is 5.91 Å². The van der Waals surface area contributed by atoms with E-state index in [1.807, 2.05) is 0 Å². The minimum Gasteiger partial charge on any atom is -0.386 e. The number of halogens is 6. The van der Waals surface area contributed by atoms with E-state index < -0.39 is 35.6 Å². The Morgan fingerprint density at radius 3 is 2.19 bits per heavy atom. The van der Waals surface area contributed by atoms with Crippen LogP contribution in [0, 0.1) is 5.82 Å². The molecule has 0 aliphatic heterocycles. The second-order valence-corrected chi connectivity index (χ2v) is 7.86. The van der Waals surface area contributed by atoms with Crippen LogP contribution in [0.2, 0.25) is 10.0 Å². The van der Waals surface area contributed by atoms with Crippen LogP contribution < -0.4 is 5.32 Å². The summed E-state index contributed by atoms with van der Waals surface area (Å²) >= 11 is 12.1. The Bertz CT molecular complexity index is 1090. The molecule has 2 atom stereocenters. The Kier molecular flexibility index (Phi) is 7.44. The van der Waals surface area contributed by atoms with Gasteiger partial charge in [-0.05, 0) is 53.9 Å². The first-order chi connectivity index (χ1) is 15.1. The SMILES string of the molecule is O=C(NC(Cc1ccc(C(F)(F)F)cc1)C(O)c1ccc(F)cc1)c1cccc(Cl)c1Cl. The fourth-order valence-corrected chi connectivity index (χ4v) is 3.53. The minimum atomic E-state index is -4.48. The van der Waals surface area contributed by atoms with Crippen molar-refractivity contribution in [3.63, 3.8) is 0 Å². The highest BCUT2D eigenvalue weighted by Crippen LogP contribution is 2.30. The van der Waals surface area contributed by atoms with E-state index in [0.717, 1.165) is 24.3 Å². The quantitative estimate of drug-likeness (QED) is 0.406. The van der Waals surface area contributed by atoms with Crippen LogP contribution in [0.4, 0.5) is 17.6 Å². The number of hydrogen-bond donors (Lipinski definition) is 2. The lowest BCUT2D eigenvalue weighted by molar-refractivity contribution is -0.137. The van der Waals surface area contributed by atoms with Crippen molar-refractivity contribution in [2.75, 3.05) is 0 Å². The second kappa shape index (κ2) is 9.90. The maximum Gasteiger partial charge on any atom is 0.416 e. The molecule has 2 unspecified atom stereocenters. The fourth-order valence-electron chi connectivity index (χ4n) is 3.14. The molecule has 32 heavy (non-hydrogen) atoms. The van der Waals surface area contributed by atoms with Gasteiger partial charge >= 0.3 is 6.18 Å². The average molecular weight is 486 g/mol. The van der Waals surface area contributed by atoms with Gasteiger partial charge in [0, 0.05) is 0 Å². The van der Waals surface area contributed by atoms with Crippen LogP contribution in [0.3, 0.4) is 0 Å². The molecule has 0 aromatic heterocycles. The lowest BCUT2D eigenvalue weighted by atomic mass is 9.95. The van der Waals surface area contributed by atoms with E-state index in [4.69, 9.17) is 23.2 Å². The predicted molar refractivity (Wildman–Crippen MR) is 114 cm³/mol. The maximum absolute atomic E-state index is 13.3. The first-order valence-corrected chi connectivity index (χ1v) is 10.2. The van der Waals surface area contributed by atoms with E-state index in [9.17, 15) is 27.5 Å². The average Bonchev–Trinajstić information content (AvgIpc) is 2.75. The molecule has 3 nitrogen and oxygen atoms in total. The van der Waals surface area contributed by atoms with E-state index in [2.05, 4.69) is 5.32 Å². The number of amides is 1. The summed E-state index contributed by atoms with van der Waals surface area (Å²) in [7, 11) is 0. The Morgan fingerprint density at radius 2 is 1.59 bits per heavy atom. The highest BCUT2D eigenvalue weighted by Gasteiger charge is 2.30. The predicted octanol–water partition coefficient (Wildman–Crippen LogP) is 6.23. The molecule has 3 aromatic rings. The van der Waals surface area contributed by atoms with Crippen molar-refractivity contribution >= 4 is 29.1 Å². The lowest BCUT2D eigenvalue weighted by Gasteiger charge is -2.25. The van der Waals surface area contributed by atoms with Gasteiger partial charge in [-0.3, -0.25) is 4.79 Å². The summed E-state index contributed by atoms with van der Waals surface area (Å²) in [5.41, 5.74) is 0.0250. The molecule has 3 aromatic carbocycles. The molecule has 0 fully saturated rings. The maximum atomic E-state index is 13.3. The minimum absolute atomic E-state index is 0.000600. The summed E-state index contributed by atoms with van der Waals surface area (Å²) < 4.78 is 51.8. The fraction of sp³-hybridized carbons (Fsp3) is 0.174. The van der Waals surface area contributed by atoms with Crippen molar-refractivity contribution in [3.8, 4) is 0 Å². The van der Waals surface area contributed by atoms with Crippen molar-refractivity contribution in [2.24, 2.45) is 0 Å². The Labute approximate surface area is 191 Å². The number of carbonyl (C=O) groups excluding carboxylic acids is 1. The van der Waals surface area contributed by atoms with Crippen LogP contribution in [-0.2, 0) is 12.6 Å². The summed E-state index contributed by atoms with van der Waals surface area (Å²) in [5, 5.41) is 13.7. The number of rotatable bonds is 6. The van der Waals surface area contributed by atoms with Gasteiger partial charge in [-0.15, -0.1) is 0 Å². The molecule has 0 bridgehead atoms. The number of aliphatic hydroxyl groups excluding tert-OH is 1. The summed E-state index contributed by atoms with van der Waals surface area (Å²) in [6.45, 7) is 0. The number of alkyl halides is 3. The zero-order valence-electron chi connectivity index (χ0n) is 16.3. The summed E-state index contributed by atoms with van der Waals surface area (Å²) in [4.78, 5) is 12.8. The topological polar surface area (TPSA) is 49.3 Å². The zero-order chi connectivity index (χ0) is 23.5. The van der Waals surface area contributed by atoms with Crippen molar-refractivity contribution < 1.29 is 27.5 Å². The van der Waals surface area contributed by atoms with Gasteiger partial charge in [-0.1, -0.05) is 53.5 Å². The highest BCUT2D eigenvalue weighted by molar-refractivity contribution is 6.43. The van der Waals surface area contributed by atoms with Gasteiger partial charge in [0.2, 0.25) is 0 Å². The standard InChI is InChI=1S/C23H17Cl2F4NO2/c24-18-3-1-2-17(20(18)25)22(32)30-19(21(31)14-6-10-16(26)11-7-14)12-13-4-8-15(9-5-13)23(27,28)29/h1-11,19,21,31H,12H2,(H,30,32). The molecular weight excluding hydrogens is 469 g/mol. The van der Waals surface area contributed by atoms with E-state index in [1.165, 1.54) is 42.5 Å². The molecule has 1 amide bonds. The van der Waals surface area contributed by atoms with Gasteiger partial charge < -0.3 is 10.4 Å². The van der Waals surface area contributed by atoms with Crippen molar-refractivity contribution in [1.82, 2.24) is 5.32 Å². The largest absolute Gasteiger partial charge is 0.416 e. The van der Waals surface area contributed by atoms with E-state index >= 15 is 0 Å². The summed E-state index contributed by atoms with van der Waals surface area (Å²) in [5.74, 6) is -1.13. The number of benzene rings is 3. The molecule has 0 aliphatic carbocycles. The molecule has 0 spiro atoms. The molecule has 9 heteroatoms. The Balaban J connectivity index is 1.89. The van der Waals surface area contributed by atoms with Gasteiger partial charge in [-0.2, -0.15) is 13.2 Å². The van der Waals surface area contributed by atoms with Crippen LogP contribution in [0.5, 0.6) is 0 Å². The third-order valence-electron chi connectivity index (χ3n) is 4.84. The second-order valence-electron chi connectivity index (χ2n) is 7.08. The monoisotopic (exact) mass is 485 g/mol. The number of nitrogens with one attached hydrogen (secondary N) is 1. The van der Waals surface area contributed by atoms with Crippen molar-refractivity contribution in [3.05, 3.63) is 105 Å². The van der Waals surface area contributed by atoms with Crippen LogP contribution >= 0.6 is 23.2 Å². The normalized spacial score (nSPS) is 13.5. The first kappa shape index (κ1) is 24.0. The number of carbonyl (C=O) groups is 1. The summed E-state index contributed by atoms with van der Waals surface area (Å²) in [6.07, 6.45) is -5.76. The molecule has 0 saturated carbocycles. The zero-order valence-corrected chi connectivity index (χ0v) is 17.8. The molecule has 0 saturated heterocycles. The van der Waals surface area contributed by atoms with Gasteiger partial charge in [0.1, 0.15) is 5.82 Å². The smallest absolute Gasteiger partial charge is 0.386 e. The third-order valence-corrected chi connectivity index (χ3v) is 5.66. The molecule has 168 valence electrons. The number of hydrogen-bond acceptors (Lipinski definition) is 2. The summed E-state index contributed by atoms with van der Waals surface area (Å²) in [6, 6.07) is 12.9. The lowest BCUT2D eigenvalue weighted by Crippen LogP contribution is -2.41. The van der Waals surface area contributed by atoms with Gasteiger partial charge in [-0.25, -0.2) is 4.39 Å².